The summed E-state index contributed by atoms with van der Waals surface area (Å²) >= 11 is 0. The third-order valence-corrected chi connectivity index (χ3v) is 7.07. The van der Waals surface area contributed by atoms with Crippen LogP contribution < -0.4 is 21.1 Å². The van der Waals surface area contributed by atoms with Gasteiger partial charge in [0.05, 0.1) is 25.0 Å². The van der Waals surface area contributed by atoms with Gasteiger partial charge in [-0.05, 0) is 42.5 Å². The second-order valence-electron chi connectivity index (χ2n) is 9.46. The molecule has 4 unspecified atom stereocenters. The Hall–Kier alpha value is -3.92. The molecular weight excluding hydrogens is 476 g/mol. The van der Waals surface area contributed by atoms with Crippen LogP contribution in [-0.2, 0) is 20.9 Å². The summed E-state index contributed by atoms with van der Waals surface area (Å²) < 4.78 is 5.66. The molecule has 2 aromatic rings. The molecule has 4 amide bonds. The molecule has 2 aromatic carbocycles. The first-order valence-electron chi connectivity index (χ1n) is 12.4. The highest BCUT2D eigenvalue weighted by Crippen LogP contribution is 2.50. The molecule has 196 valence electrons. The molecule has 2 aliphatic heterocycles. The Bertz CT molecular complexity index is 1160. The lowest BCUT2D eigenvalue weighted by Crippen LogP contribution is -2.56. The fraction of sp³-hybridized carbons (Fsp3) is 0.407. The van der Waals surface area contributed by atoms with Crippen molar-refractivity contribution in [2.75, 3.05) is 13.2 Å². The van der Waals surface area contributed by atoms with Crippen molar-refractivity contribution in [2.45, 2.75) is 44.3 Å². The zero-order valence-electron chi connectivity index (χ0n) is 20.7. The van der Waals surface area contributed by atoms with Gasteiger partial charge < -0.3 is 20.9 Å². The number of likely N-dealkylation sites (tertiary alicyclic amines) is 1. The smallest absolute Gasteiger partial charge is 0.324 e. The predicted molar refractivity (Wildman–Crippen MR) is 134 cm³/mol. The molecule has 2 heterocycles. The van der Waals surface area contributed by atoms with Crippen molar-refractivity contribution in [3.8, 4) is 5.75 Å². The quantitative estimate of drug-likeness (QED) is 0.268. The van der Waals surface area contributed by atoms with Gasteiger partial charge >= 0.3 is 12.0 Å². The van der Waals surface area contributed by atoms with E-state index in [1.807, 2.05) is 37.3 Å². The molecule has 2 saturated heterocycles. The summed E-state index contributed by atoms with van der Waals surface area (Å²) in [5, 5.41) is 16.0. The third kappa shape index (κ3) is 5.15. The van der Waals surface area contributed by atoms with Crippen LogP contribution in [0.2, 0.25) is 0 Å². The van der Waals surface area contributed by atoms with Crippen LogP contribution in [0.3, 0.4) is 0 Å². The fourth-order valence-corrected chi connectivity index (χ4v) is 5.37. The molecule has 2 aliphatic rings. The van der Waals surface area contributed by atoms with Gasteiger partial charge in [0.1, 0.15) is 11.3 Å². The van der Waals surface area contributed by atoms with Crippen molar-refractivity contribution >= 4 is 23.8 Å². The second-order valence-corrected chi connectivity index (χ2v) is 9.46. The number of fused-ring (bicyclic) bond motifs is 1. The summed E-state index contributed by atoms with van der Waals surface area (Å²) in [6, 6.07) is 14.9. The highest BCUT2D eigenvalue weighted by molar-refractivity contribution is 6.09. The van der Waals surface area contributed by atoms with E-state index in [0.717, 1.165) is 12.0 Å². The Morgan fingerprint density at radius 3 is 2.43 bits per heavy atom. The van der Waals surface area contributed by atoms with E-state index < -0.39 is 47.2 Å². The fourth-order valence-electron chi connectivity index (χ4n) is 5.37. The van der Waals surface area contributed by atoms with Crippen molar-refractivity contribution in [1.29, 1.82) is 0 Å². The summed E-state index contributed by atoms with van der Waals surface area (Å²) in [6.07, 6.45) is 1.13. The number of ether oxygens (including phenoxy) is 1. The number of amides is 4. The van der Waals surface area contributed by atoms with E-state index in [-0.39, 0.29) is 25.9 Å². The van der Waals surface area contributed by atoms with E-state index in [0.29, 0.717) is 17.9 Å². The number of nitrogens with two attached hydrogens (primary N) is 1. The Kier molecular flexibility index (Phi) is 7.77. The lowest BCUT2D eigenvalue weighted by Gasteiger charge is -2.31. The summed E-state index contributed by atoms with van der Waals surface area (Å²) in [5.74, 6) is -3.45. The number of aliphatic carboxylic acids is 1. The van der Waals surface area contributed by atoms with Gasteiger partial charge in [-0.15, -0.1) is 0 Å². The van der Waals surface area contributed by atoms with Crippen LogP contribution in [0.15, 0.2) is 54.6 Å². The summed E-state index contributed by atoms with van der Waals surface area (Å²) in [7, 11) is 0. The van der Waals surface area contributed by atoms with Gasteiger partial charge in [0.25, 0.3) is 0 Å². The molecule has 4 rings (SSSR count). The minimum Gasteiger partial charge on any atom is -0.494 e. The van der Waals surface area contributed by atoms with Gasteiger partial charge in [-0.1, -0.05) is 49.4 Å². The number of hydrogen-bond donors (Lipinski definition) is 4. The van der Waals surface area contributed by atoms with Crippen LogP contribution in [-0.4, -0.2) is 52.5 Å². The molecule has 4 atom stereocenters. The number of imide groups is 1. The van der Waals surface area contributed by atoms with E-state index in [1.54, 1.807) is 24.3 Å². The average Bonchev–Trinajstić information content (AvgIpc) is 3.36. The van der Waals surface area contributed by atoms with Crippen LogP contribution in [0.1, 0.15) is 43.4 Å². The number of nitrogens with one attached hydrogen (secondary N) is 2. The van der Waals surface area contributed by atoms with E-state index in [2.05, 4.69) is 10.6 Å². The van der Waals surface area contributed by atoms with Crippen LogP contribution in [0.4, 0.5) is 4.79 Å². The van der Waals surface area contributed by atoms with Crippen LogP contribution >= 0.6 is 0 Å². The van der Waals surface area contributed by atoms with Gasteiger partial charge in [-0.2, -0.15) is 0 Å². The number of urea groups is 1. The van der Waals surface area contributed by atoms with Crippen LogP contribution in [0.25, 0.3) is 0 Å². The molecule has 10 heteroatoms. The van der Waals surface area contributed by atoms with Crippen molar-refractivity contribution in [3.05, 3.63) is 65.7 Å². The maximum Gasteiger partial charge on any atom is 0.324 e. The number of carbonyl (C=O) groups is 4. The topological polar surface area (TPSA) is 151 Å². The first-order valence-corrected chi connectivity index (χ1v) is 12.4. The predicted octanol–water partition coefficient (Wildman–Crippen LogP) is 2.19. The van der Waals surface area contributed by atoms with Crippen LogP contribution in [0.5, 0.6) is 5.75 Å². The molecule has 0 bridgehead atoms. The molecule has 0 radical (unpaired) electrons. The minimum atomic E-state index is -1.69. The second kappa shape index (κ2) is 11.0. The molecular formula is C27H32N4O6. The number of rotatable bonds is 11. The van der Waals surface area contributed by atoms with E-state index in [4.69, 9.17) is 10.5 Å². The SMILES string of the molecule is CCCOc1ccc(C2NC(CCCNC(N)=O)(C(=O)O)C3C(=O)N(Cc4ccccc4)C(=O)C23)cc1. The number of carboxylic acid groups (broad SMARTS) is 1. The van der Waals surface area contributed by atoms with Crippen molar-refractivity contribution in [3.63, 3.8) is 0 Å². The van der Waals surface area contributed by atoms with Gasteiger partial charge in [0.15, 0.2) is 0 Å². The van der Waals surface area contributed by atoms with Gasteiger partial charge in [0.2, 0.25) is 11.8 Å². The van der Waals surface area contributed by atoms with Gasteiger partial charge in [-0.3, -0.25) is 24.6 Å². The molecule has 0 spiro atoms. The number of nitrogens with zero attached hydrogens (tertiary/aromatic N) is 1. The zero-order chi connectivity index (χ0) is 26.6. The average molecular weight is 509 g/mol. The Morgan fingerprint density at radius 2 is 1.81 bits per heavy atom. The van der Waals surface area contributed by atoms with E-state index >= 15 is 0 Å². The number of carbonyl (C=O) groups excluding carboxylic acids is 3. The first kappa shape index (κ1) is 26.2. The van der Waals surface area contributed by atoms with Crippen LogP contribution in [0, 0.1) is 11.8 Å². The monoisotopic (exact) mass is 508 g/mol. The third-order valence-electron chi connectivity index (χ3n) is 7.07. The molecule has 0 saturated carbocycles. The standard InChI is InChI=1S/C27H32N4O6/c1-2-15-37-19-11-9-18(10-12-19)22-20-21(27(30-22,25(34)35)13-6-14-29-26(28)36)24(33)31(23(20)32)16-17-7-4-3-5-8-17/h3-5,7-12,20-22,30H,2,6,13-16H2,1H3,(H,34,35)(H3,28,29,36). The summed E-state index contributed by atoms with van der Waals surface area (Å²) in [4.78, 5) is 52.5. The number of primary amides is 1. The van der Waals surface area contributed by atoms with Gasteiger partial charge in [0, 0.05) is 12.6 Å². The van der Waals surface area contributed by atoms with E-state index in [9.17, 15) is 24.3 Å². The lowest BCUT2D eigenvalue weighted by molar-refractivity contribution is -0.152. The molecule has 5 N–H and O–H groups in total. The lowest BCUT2D eigenvalue weighted by atomic mass is 9.77. The Labute approximate surface area is 215 Å². The maximum absolute atomic E-state index is 13.7. The minimum absolute atomic E-state index is 0.0240. The highest BCUT2D eigenvalue weighted by Gasteiger charge is 2.68. The molecule has 0 aromatic heterocycles. The molecule has 10 nitrogen and oxygen atoms in total. The van der Waals surface area contributed by atoms with Crippen molar-refractivity contribution in [2.24, 2.45) is 17.6 Å². The van der Waals surface area contributed by atoms with Crippen molar-refractivity contribution < 1.29 is 29.0 Å². The first-order chi connectivity index (χ1) is 17.8. The summed E-state index contributed by atoms with van der Waals surface area (Å²) in [5.41, 5.74) is 4.92. The molecule has 37 heavy (non-hydrogen) atoms. The summed E-state index contributed by atoms with van der Waals surface area (Å²) in [6.45, 7) is 2.79. The largest absolute Gasteiger partial charge is 0.494 e. The normalized spacial score (nSPS) is 24.7. The molecule has 0 aliphatic carbocycles. The van der Waals surface area contributed by atoms with E-state index in [1.165, 1.54) is 4.90 Å². The zero-order valence-corrected chi connectivity index (χ0v) is 20.7. The van der Waals surface area contributed by atoms with Crippen molar-refractivity contribution in [1.82, 2.24) is 15.5 Å². The Morgan fingerprint density at radius 1 is 1.11 bits per heavy atom. The molecule has 2 fully saturated rings. The van der Waals surface area contributed by atoms with Gasteiger partial charge in [-0.25, -0.2) is 4.79 Å². The number of benzene rings is 2. The number of carboxylic acids is 1. The maximum atomic E-state index is 13.7. The highest BCUT2D eigenvalue weighted by atomic mass is 16.5. The Balaban J connectivity index is 1.68. The number of hydrogen-bond acceptors (Lipinski definition) is 6.